The molecule has 0 spiro atoms. The number of carbonyl (C=O) groups excluding carboxylic acids is 1. The van der Waals surface area contributed by atoms with Gasteiger partial charge in [0.05, 0.1) is 12.1 Å². The minimum absolute atomic E-state index is 0.0308. The van der Waals surface area contributed by atoms with Crippen molar-refractivity contribution in [3.8, 4) is 0 Å². The van der Waals surface area contributed by atoms with Gasteiger partial charge in [0, 0.05) is 33.5 Å². The number of rotatable bonds is 5. The number of benzene rings is 1. The van der Waals surface area contributed by atoms with Crippen LogP contribution in [0.4, 0.5) is 5.69 Å². The van der Waals surface area contributed by atoms with E-state index < -0.39 is 0 Å². The molecule has 3 nitrogen and oxygen atoms in total. The highest BCUT2D eigenvalue weighted by atomic mass is 79.9. The number of nitrogens with one attached hydrogen (secondary N) is 1. The highest BCUT2D eigenvalue weighted by molar-refractivity contribution is 9.10. The van der Waals surface area contributed by atoms with Gasteiger partial charge in [-0.05, 0) is 48.0 Å². The molecule has 2 rings (SSSR count). The molecule has 0 unspecified atom stereocenters. The number of carbonyl (C=O) groups is 1. The number of hydrogen-bond donors (Lipinski definition) is 1. The van der Waals surface area contributed by atoms with Gasteiger partial charge in [0.1, 0.15) is 0 Å². The van der Waals surface area contributed by atoms with Gasteiger partial charge in [0.25, 0.3) is 5.91 Å². The molecule has 5 heteroatoms. The summed E-state index contributed by atoms with van der Waals surface area (Å²) >= 11 is 5.09. The van der Waals surface area contributed by atoms with Crippen LogP contribution in [0.5, 0.6) is 0 Å². The van der Waals surface area contributed by atoms with Crippen LogP contribution in [-0.4, -0.2) is 23.9 Å². The van der Waals surface area contributed by atoms with E-state index >= 15 is 0 Å². The van der Waals surface area contributed by atoms with Gasteiger partial charge in [-0.15, -0.1) is 11.3 Å². The van der Waals surface area contributed by atoms with Crippen molar-refractivity contribution in [1.29, 1.82) is 0 Å². The van der Waals surface area contributed by atoms with Crippen LogP contribution in [0.2, 0.25) is 0 Å². The van der Waals surface area contributed by atoms with Gasteiger partial charge in [-0.25, -0.2) is 0 Å². The number of halogens is 1. The highest BCUT2D eigenvalue weighted by Gasteiger charge is 2.16. The van der Waals surface area contributed by atoms with Gasteiger partial charge in [-0.1, -0.05) is 12.1 Å². The molecule has 0 atom stereocenters. The number of amides is 1. The van der Waals surface area contributed by atoms with E-state index in [1.807, 2.05) is 42.8 Å². The Morgan fingerprint density at radius 2 is 2.10 bits per heavy atom. The smallest absolute Gasteiger partial charge is 0.256 e. The average Bonchev–Trinajstić information content (AvgIpc) is 2.83. The summed E-state index contributed by atoms with van der Waals surface area (Å²) in [5.74, 6) is 0.0308. The number of anilines is 1. The molecule has 112 valence electrons. The minimum atomic E-state index is 0.0308. The first-order valence-corrected chi connectivity index (χ1v) is 8.48. The van der Waals surface area contributed by atoms with Crippen molar-refractivity contribution >= 4 is 38.9 Å². The molecule has 1 amide bonds. The highest BCUT2D eigenvalue weighted by Crippen LogP contribution is 2.23. The third-order valence-corrected chi connectivity index (χ3v) is 4.65. The fourth-order valence-corrected chi connectivity index (χ4v) is 3.56. The molecular weight excluding hydrogens is 348 g/mol. The van der Waals surface area contributed by atoms with E-state index in [9.17, 15) is 4.79 Å². The zero-order valence-corrected chi connectivity index (χ0v) is 14.8. The van der Waals surface area contributed by atoms with Crippen molar-refractivity contribution in [3.05, 3.63) is 50.6 Å². The van der Waals surface area contributed by atoms with E-state index in [0.29, 0.717) is 12.1 Å². The second-order valence-corrected chi connectivity index (χ2v) is 7.15. The fraction of sp³-hybridized carbons (Fsp3) is 0.312. The number of para-hydroxylation sites is 1. The summed E-state index contributed by atoms with van der Waals surface area (Å²) in [4.78, 5) is 15.5. The first-order chi connectivity index (χ1) is 9.97. The van der Waals surface area contributed by atoms with Crippen LogP contribution in [-0.2, 0) is 6.54 Å². The lowest BCUT2D eigenvalue weighted by molar-refractivity contribution is 0.0787. The van der Waals surface area contributed by atoms with E-state index in [4.69, 9.17) is 0 Å². The van der Waals surface area contributed by atoms with Gasteiger partial charge in [-0.2, -0.15) is 0 Å². The summed E-state index contributed by atoms with van der Waals surface area (Å²) in [6.07, 6.45) is 0. The van der Waals surface area contributed by atoms with Crippen molar-refractivity contribution in [3.63, 3.8) is 0 Å². The zero-order chi connectivity index (χ0) is 15.4. The maximum absolute atomic E-state index is 12.6. The molecular formula is C16H19BrN2OS. The third-order valence-electron chi connectivity index (χ3n) is 2.96. The molecule has 2 aromatic rings. The Kier molecular flexibility index (Phi) is 5.42. The fourth-order valence-electron chi connectivity index (χ4n) is 2.05. The molecule has 0 saturated carbocycles. The van der Waals surface area contributed by atoms with Gasteiger partial charge < -0.3 is 10.2 Å². The molecule has 0 fully saturated rings. The van der Waals surface area contributed by atoms with E-state index in [0.717, 1.165) is 15.0 Å². The molecule has 1 aromatic carbocycles. The van der Waals surface area contributed by atoms with E-state index in [1.165, 1.54) is 0 Å². The molecule has 0 bridgehead atoms. The van der Waals surface area contributed by atoms with E-state index in [-0.39, 0.29) is 11.9 Å². The number of thiophene rings is 1. The topological polar surface area (TPSA) is 32.3 Å². The summed E-state index contributed by atoms with van der Waals surface area (Å²) in [5, 5.41) is 5.35. The Balaban J connectivity index is 2.15. The Morgan fingerprint density at radius 3 is 2.71 bits per heavy atom. The van der Waals surface area contributed by atoms with Gasteiger partial charge in [0.15, 0.2) is 0 Å². The number of hydrogen-bond acceptors (Lipinski definition) is 3. The minimum Gasteiger partial charge on any atom is -0.382 e. The Labute approximate surface area is 138 Å². The second-order valence-electron chi connectivity index (χ2n) is 5.24. The van der Waals surface area contributed by atoms with Crippen molar-refractivity contribution in [2.75, 3.05) is 12.4 Å². The van der Waals surface area contributed by atoms with Crippen LogP contribution in [0.1, 0.15) is 29.1 Å². The lowest BCUT2D eigenvalue weighted by Crippen LogP contribution is -2.27. The summed E-state index contributed by atoms with van der Waals surface area (Å²) in [6.45, 7) is 4.74. The van der Waals surface area contributed by atoms with Gasteiger partial charge >= 0.3 is 0 Å². The van der Waals surface area contributed by atoms with Crippen molar-refractivity contribution in [1.82, 2.24) is 4.90 Å². The third kappa shape index (κ3) is 4.32. The van der Waals surface area contributed by atoms with Crippen LogP contribution in [0.15, 0.2) is 40.2 Å². The van der Waals surface area contributed by atoms with Crippen LogP contribution < -0.4 is 5.32 Å². The largest absolute Gasteiger partial charge is 0.382 e. The Bertz CT molecular complexity index is 624. The van der Waals surface area contributed by atoms with Crippen molar-refractivity contribution < 1.29 is 4.79 Å². The normalized spacial score (nSPS) is 10.7. The molecule has 21 heavy (non-hydrogen) atoms. The van der Waals surface area contributed by atoms with Gasteiger partial charge in [0.2, 0.25) is 0 Å². The predicted octanol–water partition coefficient (Wildman–Crippen LogP) is 4.60. The maximum Gasteiger partial charge on any atom is 0.256 e. The maximum atomic E-state index is 12.6. The lowest BCUT2D eigenvalue weighted by Gasteiger charge is -2.20. The molecule has 1 N–H and O–H groups in total. The Hall–Kier alpha value is -1.33. The molecule has 0 aliphatic heterocycles. The summed E-state index contributed by atoms with van der Waals surface area (Å²) in [7, 11) is 1.84. The average molecular weight is 367 g/mol. The van der Waals surface area contributed by atoms with E-state index in [1.54, 1.807) is 16.2 Å². The lowest BCUT2D eigenvalue weighted by atomic mass is 10.1. The molecule has 0 aliphatic rings. The number of nitrogens with zero attached hydrogens (tertiary/aromatic N) is 1. The van der Waals surface area contributed by atoms with Crippen molar-refractivity contribution in [2.45, 2.75) is 26.4 Å². The van der Waals surface area contributed by atoms with Crippen molar-refractivity contribution in [2.24, 2.45) is 0 Å². The van der Waals surface area contributed by atoms with E-state index in [2.05, 4.69) is 35.1 Å². The monoisotopic (exact) mass is 366 g/mol. The standard InChI is InChI=1S/C16H19BrN2OS/c1-11(2)18-15-7-5-4-6-14(15)16(20)19(3)9-13-8-12(17)10-21-13/h4-8,10-11,18H,9H2,1-3H3. The first kappa shape index (κ1) is 16.0. The van der Waals surface area contributed by atoms with Gasteiger partial charge in [-0.3, -0.25) is 4.79 Å². The van der Waals surface area contributed by atoms with Crippen LogP contribution in [0.25, 0.3) is 0 Å². The van der Waals surface area contributed by atoms with Crippen LogP contribution >= 0.6 is 27.3 Å². The van der Waals surface area contributed by atoms with Crippen LogP contribution in [0, 0.1) is 0 Å². The molecule has 0 radical (unpaired) electrons. The molecule has 1 heterocycles. The molecule has 1 aromatic heterocycles. The zero-order valence-electron chi connectivity index (χ0n) is 12.4. The summed E-state index contributed by atoms with van der Waals surface area (Å²) in [6, 6.07) is 9.99. The second kappa shape index (κ2) is 7.09. The molecule has 0 saturated heterocycles. The van der Waals surface area contributed by atoms with Crippen LogP contribution in [0.3, 0.4) is 0 Å². The predicted molar refractivity (Wildman–Crippen MR) is 93.0 cm³/mol. The first-order valence-electron chi connectivity index (χ1n) is 6.81. The SMILES string of the molecule is CC(C)Nc1ccccc1C(=O)N(C)Cc1cc(Br)cs1. The Morgan fingerprint density at radius 1 is 1.38 bits per heavy atom. The molecule has 0 aliphatic carbocycles. The summed E-state index contributed by atoms with van der Waals surface area (Å²) in [5.41, 5.74) is 1.60. The quantitative estimate of drug-likeness (QED) is 0.838. The summed E-state index contributed by atoms with van der Waals surface area (Å²) < 4.78 is 1.06.